The third-order valence-corrected chi connectivity index (χ3v) is 0.891. The highest BCUT2D eigenvalue weighted by Gasteiger charge is 2.06. The second kappa shape index (κ2) is 3.43. The lowest BCUT2D eigenvalue weighted by Gasteiger charge is -2.00. The van der Waals surface area contributed by atoms with Crippen molar-refractivity contribution >= 4 is 5.91 Å². The van der Waals surface area contributed by atoms with Gasteiger partial charge in [0.2, 0.25) is 5.91 Å². The van der Waals surface area contributed by atoms with E-state index in [-0.39, 0.29) is 0 Å². The van der Waals surface area contributed by atoms with Gasteiger partial charge in [-0.05, 0) is 6.42 Å². The number of rotatable bonds is 3. The molecule has 8 heavy (non-hydrogen) atoms. The fraction of sp³-hybridized carbons (Fsp3) is 0.800. The second-order valence-electron chi connectivity index (χ2n) is 1.71. The lowest BCUT2D eigenvalue weighted by molar-refractivity contribution is -0.126. The van der Waals surface area contributed by atoms with Crippen molar-refractivity contribution in [2.24, 2.45) is 5.73 Å². The molecule has 0 unspecified atom stereocenters. The molecule has 0 aromatic carbocycles. The molecule has 48 valence electrons. The average Bonchev–Trinajstić information content (AvgIpc) is 1.67. The predicted molar refractivity (Wildman–Crippen MR) is 30.1 cm³/mol. The molecule has 0 spiro atoms. The van der Waals surface area contributed by atoms with Gasteiger partial charge < -0.3 is 10.8 Å². The van der Waals surface area contributed by atoms with E-state index in [1.165, 1.54) is 0 Å². The molecule has 0 aliphatic carbocycles. The maximum absolute atomic E-state index is 10.1. The summed E-state index contributed by atoms with van der Waals surface area (Å²) in [5, 5.41) is 8.65. The Hall–Kier alpha value is -0.570. The maximum atomic E-state index is 10.1. The van der Waals surface area contributed by atoms with Crippen molar-refractivity contribution in [3.05, 3.63) is 0 Å². The van der Waals surface area contributed by atoms with E-state index >= 15 is 0 Å². The molecule has 0 fully saturated rings. The van der Waals surface area contributed by atoms with Crippen LogP contribution in [0.15, 0.2) is 0 Å². The zero-order valence-electron chi connectivity index (χ0n) is 4.92. The summed E-state index contributed by atoms with van der Waals surface area (Å²) in [5.74, 6) is -0.633. The number of aliphatic hydroxyl groups is 1. The van der Waals surface area contributed by atoms with E-state index in [1.54, 1.807) is 0 Å². The number of hydrogen-bond donors (Lipinski definition) is 2. The van der Waals surface area contributed by atoms with Gasteiger partial charge in [0.1, 0.15) is 6.10 Å². The summed E-state index contributed by atoms with van der Waals surface area (Å²) in [6.07, 6.45) is 0.305. The van der Waals surface area contributed by atoms with Crippen LogP contribution < -0.4 is 5.73 Å². The van der Waals surface area contributed by atoms with Gasteiger partial charge in [-0.2, -0.15) is 0 Å². The van der Waals surface area contributed by atoms with Crippen LogP contribution in [0, 0.1) is 0 Å². The lowest BCUT2D eigenvalue weighted by atomic mass is 10.2. The molecule has 0 aromatic rings. The van der Waals surface area contributed by atoms with Crippen LogP contribution in [0.4, 0.5) is 0 Å². The molecule has 3 heteroatoms. The Morgan fingerprint density at radius 1 is 1.88 bits per heavy atom. The Bertz CT molecular complexity index is 82.5. The van der Waals surface area contributed by atoms with Crippen LogP contribution in [0.3, 0.4) is 0 Å². The zero-order chi connectivity index (χ0) is 6.57. The van der Waals surface area contributed by atoms with Crippen LogP contribution in [0.2, 0.25) is 0 Å². The molecule has 1 amide bonds. The van der Waals surface area contributed by atoms with Gasteiger partial charge in [-0.15, -0.1) is 0 Å². The molecule has 0 aromatic heterocycles. The molecule has 1 atom stereocenters. The number of carbonyl (C=O) groups is 1. The molecule has 0 bridgehead atoms. The first kappa shape index (κ1) is 7.43. The third kappa shape index (κ3) is 2.58. The van der Waals surface area contributed by atoms with Gasteiger partial charge in [-0.1, -0.05) is 13.3 Å². The van der Waals surface area contributed by atoms with Crippen molar-refractivity contribution in [2.75, 3.05) is 0 Å². The summed E-state index contributed by atoms with van der Waals surface area (Å²) in [4.78, 5) is 10.1. The molecule has 0 rings (SSSR count). The lowest BCUT2D eigenvalue weighted by Crippen LogP contribution is -2.27. The topological polar surface area (TPSA) is 63.3 Å². The van der Waals surface area contributed by atoms with E-state index in [0.29, 0.717) is 6.42 Å². The first-order valence-corrected chi connectivity index (χ1v) is 2.66. The summed E-state index contributed by atoms with van der Waals surface area (Å²) in [6, 6.07) is 0. The number of primary amides is 1. The number of hydrogen-bond acceptors (Lipinski definition) is 2. The predicted octanol–water partition coefficient (Wildman–Crippen LogP) is -0.367. The van der Waals surface area contributed by atoms with E-state index in [2.05, 4.69) is 0 Å². The smallest absolute Gasteiger partial charge is 0.246 e. The van der Waals surface area contributed by atoms with E-state index in [9.17, 15) is 4.79 Å². The van der Waals surface area contributed by atoms with Crippen molar-refractivity contribution < 1.29 is 9.90 Å². The Labute approximate surface area is 48.5 Å². The largest absolute Gasteiger partial charge is 0.383 e. The maximum Gasteiger partial charge on any atom is 0.246 e. The van der Waals surface area contributed by atoms with Crippen molar-refractivity contribution in [3.8, 4) is 0 Å². The van der Waals surface area contributed by atoms with Crippen LogP contribution in [0.1, 0.15) is 19.8 Å². The quantitative estimate of drug-likeness (QED) is 0.530. The van der Waals surface area contributed by atoms with Gasteiger partial charge in [0, 0.05) is 0 Å². The minimum absolute atomic E-state index is 0.468. The Morgan fingerprint density at radius 2 is 2.38 bits per heavy atom. The molecule has 0 saturated carbocycles. The third-order valence-electron chi connectivity index (χ3n) is 0.891. The van der Waals surface area contributed by atoms with Gasteiger partial charge in [-0.25, -0.2) is 0 Å². The molecule has 0 radical (unpaired) electrons. The van der Waals surface area contributed by atoms with Crippen LogP contribution in [-0.4, -0.2) is 17.1 Å². The van der Waals surface area contributed by atoms with E-state index in [1.807, 2.05) is 6.92 Å². The van der Waals surface area contributed by atoms with Gasteiger partial charge >= 0.3 is 0 Å². The van der Waals surface area contributed by atoms with E-state index < -0.39 is 12.0 Å². The highest BCUT2D eigenvalue weighted by molar-refractivity contribution is 5.78. The molecule has 3 N–H and O–H groups in total. The second-order valence-corrected chi connectivity index (χ2v) is 1.71. The van der Waals surface area contributed by atoms with Gasteiger partial charge in [0.15, 0.2) is 0 Å². The zero-order valence-corrected chi connectivity index (χ0v) is 4.92. The summed E-state index contributed by atoms with van der Waals surface area (Å²) in [5.41, 5.74) is 4.73. The van der Waals surface area contributed by atoms with Crippen molar-refractivity contribution in [1.29, 1.82) is 0 Å². The van der Waals surface area contributed by atoms with Crippen molar-refractivity contribution in [1.82, 2.24) is 0 Å². The van der Waals surface area contributed by atoms with Crippen LogP contribution >= 0.6 is 0 Å². The number of amides is 1. The number of nitrogens with two attached hydrogens (primary N) is 1. The van der Waals surface area contributed by atoms with Crippen LogP contribution in [0.25, 0.3) is 0 Å². The number of aliphatic hydroxyl groups excluding tert-OH is 1. The average molecular weight is 117 g/mol. The Kier molecular flexibility index (Phi) is 3.19. The molecule has 0 heterocycles. The highest BCUT2D eigenvalue weighted by Crippen LogP contribution is 1.92. The van der Waals surface area contributed by atoms with Gasteiger partial charge in [0.05, 0.1) is 0 Å². The number of carbonyl (C=O) groups excluding carboxylic acids is 1. The van der Waals surface area contributed by atoms with Crippen molar-refractivity contribution in [2.45, 2.75) is 25.9 Å². The highest BCUT2D eigenvalue weighted by atomic mass is 16.3. The fourth-order valence-corrected chi connectivity index (χ4v) is 0.416. The van der Waals surface area contributed by atoms with Gasteiger partial charge in [-0.3, -0.25) is 4.79 Å². The first-order valence-electron chi connectivity index (χ1n) is 2.66. The van der Waals surface area contributed by atoms with Crippen LogP contribution in [-0.2, 0) is 4.79 Å². The molecule has 0 aliphatic rings. The molecular weight excluding hydrogens is 106 g/mol. The standard InChI is InChI=1S/C5H11NO2/c1-2-3-4(7)5(6)8/h4,7H,2-3H2,1H3,(H2,6,8)/t4-/m1/s1. The summed E-state index contributed by atoms with van der Waals surface area (Å²) < 4.78 is 0. The van der Waals surface area contributed by atoms with Crippen molar-refractivity contribution in [3.63, 3.8) is 0 Å². The fourth-order valence-electron chi connectivity index (χ4n) is 0.416. The minimum atomic E-state index is -0.944. The first-order chi connectivity index (χ1) is 3.68. The Morgan fingerprint density at radius 3 is 2.50 bits per heavy atom. The summed E-state index contributed by atoms with van der Waals surface area (Å²) >= 11 is 0. The van der Waals surface area contributed by atoms with E-state index in [4.69, 9.17) is 10.8 Å². The molecule has 0 saturated heterocycles. The monoisotopic (exact) mass is 117 g/mol. The molecule has 0 aliphatic heterocycles. The van der Waals surface area contributed by atoms with E-state index in [0.717, 1.165) is 6.42 Å². The Balaban J connectivity index is 3.32. The van der Waals surface area contributed by atoms with Gasteiger partial charge in [0.25, 0.3) is 0 Å². The molecular formula is C5H11NO2. The SMILES string of the molecule is CCC[C@@H](O)C(N)=O. The minimum Gasteiger partial charge on any atom is -0.383 e. The molecule has 3 nitrogen and oxygen atoms in total. The van der Waals surface area contributed by atoms with Crippen LogP contribution in [0.5, 0.6) is 0 Å². The normalized spacial score (nSPS) is 13.2. The summed E-state index contributed by atoms with van der Waals surface area (Å²) in [7, 11) is 0. The summed E-state index contributed by atoms with van der Waals surface area (Å²) in [6.45, 7) is 1.88.